The molecule has 0 aliphatic carbocycles. The molecule has 6 heteroatoms. The normalized spacial score (nSPS) is 8.92. The van der Waals surface area contributed by atoms with Gasteiger partial charge in [-0.05, 0) is 0 Å². The third kappa shape index (κ3) is 2.21. The summed E-state index contributed by atoms with van der Waals surface area (Å²) in [6.45, 7) is 0.0294. The Kier molecular flexibility index (Phi) is 2.61. The molecule has 0 unspecified atom stereocenters. The van der Waals surface area contributed by atoms with Crippen LogP contribution in [0.1, 0.15) is 9.88 Å². The van der Waals surface area contributed by atoms with Crippen LogP contribution in [0.5, 0.6) is 0 Å². The summed E-state index contributed by atoms with van der Waals surface area (Å²) in [7, 11) is 0. The zero-order valence-electron chi connectivity index (χ0n) is 5.98. The number of aromatic nitrogens is 1. The molecular weight excluding hydrogens is 178 g/mol. The summed E-state index contributed by atoms with van der Waals surface area (Å²) in [5.41, 5.74) is 4.73. The lowest BCUT2D eigenvalue weighted by Crippen LogP contribution is -2.12. The van der Waals surface area contributed by atoms with Gasteiger partial charge in [-0.25, -0.2) is 9.78 Å². The number of primary amides is 1. The van der Waals surface area contributed by atoms with E-state index >= 15 is 0 Å². The van der Waals surface area contributed by atoms with Crippen molar-refractivity contribution in [3.63, 3.8) is 0 Å². The molecule has 0 aliphatic rings. The third-order valence-electron chi connectivity index (χ3n) is 1.00. The maximum Gasteiger partial charge on any atom is 0.404 e. The lowest BCUT2D eigenvalue weighted by atomic mass is 10.6. The van der Waals surface area contributed by atoms with E-state index in [1.54, 1.807) is 0 Å². The molecule has 12 heavy (non-hydrogen) atoms. The van der Waals surface area contributed by atoms with Crippen LogP contribution in [-0.2, 0) is 11.3 Å². The topological polar surface area (TPSA) is 89.0 Å². The van der Waals surface area contributed by atoms with Crippen molar-refractivity contribution in [2.24, 2.45) is 5.73 Å². The van der Waals surface area contributed by atoms with E-state index in [2.05, 4.69) is 9.72 Å². The van der Waals surface area contributed by atoms with E-state index in [9.17, 15) is 4.79 Å². The molecule has 1 heterocycles. The number of ether oxygens (including phenoxy) is 1. The maximum atomic E-state index is 10.2. The fraction of sp³-hybridized carbons (Fsp3) is 0.167. The van der Waals surface area contributed by atoms with Crippen molar-refractivity contribution >= 4 is 17.4 Å². The van der Waals surface area contributed by atoms with Crippen LogP contribution in [0, 0.1) is 11.3 Å². The highest BCUT2D eigenvalue weighted by molar-refractivity contribution is 7.12. The second-order valence-corrected chi connectivity index (χ2v) is 2.95. The Morgan fingerprint density at radius 3 is 3.17 bits per heavy atom. The van der Waals surface area contributed by atoms with E-state index in [0.717, 1.165) is 0 Å². The molecule has 1 amide bonds. The molecule has 62 valence electrons. The second kappa shape index (κ2) is 3.69. The average Bonchev–Trinajstić information content (AvgIpc) is 2.48. The predicted octanol–water partition coefficient (Wildman–Crippen LogP) is 0.610. The molecule has 0 spiro atoms. The first-order valence-corrected chi connectivity index (χ1v) is 3.81. The molecule has 0 aromatic carbocycles. The number of hydrogen-bond acceptors (Lipinski definition) is 5. The molecule has 0 bridgehead atoms. The first-order valence-electron chi connectivity index (χ1n) is 2.99. The van der Waals surface area contributed by atoms with Crippen molar-refractivity contribution in [2.45, 2.75) is 6.61 Å². The van der Waals surface area contributed by atoms with Gasteiger partial charge in [-0.3, -0.25) is 0 Å². The van der Waals surface area contributed by atoms with Crippen LogP contribution in [0.2, 0.25) is 0 Å². The minimum Gasteiger partial charge on any atom is -0.442 e. The highest BCUT2D eigenvalue weighted by Gasteiger charge is 2.02. The first kappa shape index (κ1) is 8.49. The molecule has 5 nitrogen and oxygen atoms in total. The predicted molar refractivity (Wildman–Crippen MR) is 41.2 cm³/mol. The summed E-state index contributed by atoms with van der Waals surface area (Å²) < 4.78 is 4.46. The quantitative estimate of drug-likeness (QED) is 0.727. The monoisotopic (exact) mass is 183 g/mol. The maximum absolute atomic E-state index is 10.2. The van der Waals surface area contributed by atoms with Crippen LogP contribution in [0.25, 0.3) is 0 Å². The number of carbonyl (C=O) groups is 1. The zero-order valence-corrected chi connectivity index (χ0v) is 6.80. The lowest BCUT2D eigenvalue weighted by molar-refractivity contribution is 0.150. The highest BCUT2D eigenvalue weighted by Crippen LogP contribution is 2.11. The van der Waals surface area contributed by atoms with Gasteiger partial charge in [0.15, 0.2) is 0 Å². The van der Waals surface area contributed by atoms with Crippen LogP contribution < -0.4 is 5.73 Å². The van der Waals surface area contributed by atoms with Crippen molar-refractivity contribution in [3.8, 4) is 6.07 Å². The van der Waals surface area contributed by atoms with Gasteiger partial charge in [0.2, 0.25) is 0 Å². The van der Waals surface area contributed by atoms with E-state index in [-0.39, 0.29) is 6.61 Å². The Labute approximate surface area is 72.4 Å². The summed E-state index contributed by atoms with van der Waals surface area (Å²) in [6.07, 6.45) is 0.577. The van der Waals surface area contributed by atoms with E-state index in [4.69, 9.17) is 11.0 Å². The molecule has 0 radical (unpaired) electrons. The number of amides is 1. The van der Waals surface area contributed by atoms with Crippen molar-refractivity contribution in [2.75, 3.05) is 0 Å². The van der Waals surface area contributed by atoms with Crippen LogP contribution in [-0.4, -0.2) is 11.1 Å². The van der Waals surface area contributed by atoms with Gasteiger partial charge >= 0.3 is 6.09 Å². The number of nitrogens with zero attached hydrogens (tertiary/aromatic N) is 2. The first-order chi connectivity index (χ1) is 5.72. The third-order valence-corrected chi connectivity index (χ3v) is 1.88. The van der Waals surface area contributed by atoms with E-state index < -0.39 is 6.09 Å². The van der Waals surface area contributed by atoms with Crippen LogP contribution >= 0.6 is 11.3 Å². The van der Waals surface area contributed by atoms with Crippen LogP contribution in [0.3, 0.4) is 0 Å². The smallest absolute Gasteiger partial charge is 0.404 e. The molecule has 0 fully saturated rings. The molecule has 2 N–H and O–H groups in total. The van der Waals surface area contributed by atoms with Crippen LogP contribution in [0.15, 0.2) is 6.20 Å². The summed E-state index contributed by atoms with van der Waals surface area (Å²) in [6, 6.07) is 1.92. The van der Waals surface area contributed by atoms with Gasteiger partial charge in [-0.1, -0.05) is 0 Å². The number of hydrogen-bond donors (Lipinski definition) is 1. The summed E-state index contributed by atoms with van der Waals surface area (Å²) >= 11 is 1.17. The van der Waals surface area contributed by atoms with E-state index in [1.165, 1.54) is 17.5 Å². The Bertz CT molecular complexity index is 328. The van der Waals surface area contributed by atoms with Crippen molar-refractivity contribution < 1.29 is 9.53 Å². The lowest BCUT2D eigenvalue weighted by Gasteiger charge is -1.94. The second-order valence-electron chi connectivity index (χ2n) is 1.84. The fourth-order valence-corrected chi connectivity index (χ4v) is 1.19. The molecule has 0 atom stereocenters. The number of thiazole rings is 1. The minimum atomic E-state index is -0.844. The molecule has 0 aliphatic heterocycles. The fourth-order valence-electron chi connectivity index (χ4n) is 0.562. The minimum absolute atomic E-state index is 0.0294. The van der Waals surface area contributed by atoms with Gasteiger partial charge in [0, 0.05) is 0 Å². The Morgan fingerprint density at radius 2 is 2.67 bits per heavy atom. The SMILES string of the molecule is N#Cc1cnc(COC(N)=O)s1. The molecule has 0 saturated carbocycles. The van der Waals surface area contributed by atoms with Crippen molar-refractivity contribution in [1.82, 2.24) is 4.98 Å². The Hall–Kier alpha value is -1.61. The molecular formula is C6H5N3O2S. The summed E-state index contributed by atoms with van der Waals surface area (Å²) in [5.74, 6) is 0. The van der Waals surface area contributed by atoms with Crippen molar-refractivity contribution in [1.29, 1.82) is 5.26 Å². The largest absolute Gasteiger partial charge is 0.442 e. The van der Waals surface area contributed by atoms with Gasteiger partial charge in [0.25, 0.3) is 0 Å². The summed E-state index contributed by atoms with van der Waals surface area (Å²) in [5, 5.41) is 8.98. The number of nitrogens with two attached hydrogens (primary N) is 1. The molecule has 0 saturated heterocycles. The molecule has 1 aromatic heterocycles. The molecule has 1 rings (SSSR count). The highest BCUT2D eigenvalue weighted by atomic mass is 32.1. The summed E-state index contributed by atoms with van der Waals surface area (Å²) in [4.78, 5) is 14.5. The van der Waals surface area contributed by atoms with Gasteiger partial charge in [0.05, 0.1) is 6.20 Å². The van der Waals surface area contributed by atoms with Gasteiger partial charge in [-0.2, -0.15) is 5.26 Å². The van der Waals surface area contributed by atoms with Gasteiger partial charge in [-0.15, -0.1) is 11.3 Å². The Balaban J connectivity index is 2.54. The average molecular weight is 183 g/mol. The van der Waals surface area contributed by atoms with Gasteiger partial charge in [0.1, 0.15) is 22.6 Å². The van der Waals surface area contributed by atoms with E-state index in [0.29, 0.717) is 9.88 Å². The van der Waals surface area contributed by atoms with E-state index in [1.807, 2.05) is 6.07 Å². The van der Waals surface area contributed by atoms with Gasteiger partial charge < -0.3 is 10.5 Å². The standard InChI is InChI=1S/C6H5N3O2S/c7-1-4-2-9-5(12-4)3-11-6(8)10/h2H,3H2,(H2,8,10). The number of rotatable bonds is 2. The zero-order chi connectivity index (χ0) is 8.97. The Morgan fingerprint density at radius 1 is 1.92 bits per heavy atom. The number of nitriles is 1. The van der Waals surface area contributed by atoms with Crippen molar-refractivity contribution in [3.05, 3.63) is 16.1 Å². The number of carbonyl (C=O) groups excluding carboxylic acids is 1. The molecule has 1 aromatic rings. The van der Waals surface area contributed by atoms with Crippen LogP contribution in [0.4, 0.5) is 4.79 Å².